The first-order valence-electron chi connectivity index (χ1n) is 8.51. The van der Waals surface area contributed by atoms with Crippen LogP contribution in [0.15, 0.2) is 0 Å². The van der Waals surface area contributed by atoms with E-state index in [9.17, 15) is 9.59 Å². The standard InChI is InChI=1S/C17H31NO3/c1-4-6-7-14-8-10-15(11-9-14)17(21)18(12-16(19)20)13(3)5-2/h13-15H,4-12H2,1-3H3,(H,19,20). The molecule has 0 bridgehead atoms. The highest BCUT2D eigenvalue weighted by Gasteiger charge is 2.31. The van der Waals surface area contributed by atoms with Gasteiger partial charge in [0.05, 0.1) is 0 Å². The normalized spacial score (nSPS) is 23.6. The van der Waals surface area contributed by atoms with Crippen molar-refractivity contribution in [1.82, 2.24) is 4.90 Å². The van der Waals surface area contributed by atoms with Crippen LogP contribution < -0.4 is 0 Å². The number of rotatable bonds is 8. The fraction of sp³-hybridized carbons (Fsp3) is 0.882. The molecule has 1 N–H and O–H groups in total. The van der Waals surface area contributed by atoms with E-state index in [-0.39, 0.29) is 24.4 Å². The molecule has 1 amide bonds. The number of carboxylic acids is 1. The van der Waals surface area contributed by atoms with Crippen molar-refractivity contribution >= 4 is 11.9 Å². The average molecular weight is 297 g/mol. The molecule has 0 aromatic heterocycles. The third kappa shape index (κ3) is 5.68. The summed E-state index contributed by atoms with van der Waals surface area (Å²) in [7, 11) is 0. The smallest absolute Gasteiger partial charge is 0.323 e. The summed E-state index contributed by atoms with van der Waals surface area (Å²) >= 11 is 0. The molecule has 4 heteroatoms. The van der Waals surface area contributed by atoms with Crippen LogP contribution in [0.25, 0.3) is 0 Å². The Hall–Kier alpha value is -1.06. The van der Waals surface area contributed by atoms with Gasteiger partial charge in [0.15, 0.2) is 0 Å². The fourth-order valence-electron chi connectivity index (χ4n) is 3.24. The molecular weight excluding hydrogens is 266 g/mol. The molecule has 1 rings (SSSR count). The summed E-state index contributed by atoms with van der Waals surface area (Å²) in [6.07, 6.45) is 8.70. The van der Waals surface area contributed by atoms with Gasteiger partial charge in [-0.2, -0.15) is 0 Å². The Labute approximate surface area is 128 Å². The zero-order valence-electron chi connectivity index (χ0n) is 13.8. The van der Waals surface area contributed by atoms with Gasteiger partial charge in [-0.3, -0.25) is 9.59 Å². The molecule has 122 valence electrons. The van der Waals surface area contributed by atoms with Crippen LogP contribution in [0.1, 0.15) is 72.1 Å². The highest BCUT2D eigenvalue weighted by atomic mass is 16.4. The van der Waals surface area contributed by atoms with Crippen molar-refractivity contribution < 1.29 is 14.7 Å². The number of unbranched alkanes of at least 4 members (excludes halogenated alkanes) is 1. The van der Waals surface area contributed by atoms with Crippen molar-refractivity contribution in [2.75, 3.05) is 6.54 Å². The Morgan fingerprint density at radius 1 is 1.19 bits per heavy atom. The monoisotopic (exact) mass is 297 g/mol. The Morgan fingerprint density at radius 2 is 1.81 bits per heavy atom. The van der Waals surface area contributed by atoms with Gasteiger partial charge in [-0.15, -0.1) is 0 Å². The molecule has 0 radical (unpaired) electrons. The van der Waals surface area contributed by atoms with Crippen LogP contribution in [-0.4, -0.2) is 34.5 Å². The van der Waals surface area contributed by atoms with E-state index in [1.54, 1.807) is 4.90 Å². The number of hydrogen-bond acceptors (Lipinski definition) is 2. The van der Waals surface area contributed by atoms with Gasteiger partial charge in [-0.05, 0) is 44.9 Å². The lowest BCUT2D eigenvalue weighted by molar-refractivity contribution is -0.148. The topological polar surface area (TPSA) is 57.6 Å². The molecule has 1 aliphatic carbocycles. The molecule has 1 aliphatic rings. The number of hydrogen-bond donors (Lipinski definition) is 1. The van der Waals surface area contributed by atoms with E-state index in [2.05, 4.69) is 6.92 Å². The first-order chi connectivity index (χ1) is 9.99. The summed E-state index contributed by atoms with van der Waals surface area (Å²) in [6, 6.07) is 0.00594. The van der Waals surface area contributed by atoms with E-state index in [0.717, 1.165) is 38.0 Å². The maximum absolute atomic E-state index is 12.6. The Kier molecular flexibility index (Phi) is 7.76. The highest BCUT2D eigenvalue weighted by Crippen LogP contribution is 2.33. The van der Waals surface area contributed by atoms with E-state index in [1.807, 2.05) is 13.8 Å². The molecule has 1 saturated carbocycles. The van der Waals surface area contributed by atoms with E-state index >= 15 is 0 Å². The summed E-state index contributed by atoms with van der Waals surface area (Å²) < 4.78 is 0. The number of aliphatic carboxylic acids is 1. The molecule has 0 aromatic carbocycles. The number of nitrogens with zero attached hydrogens (tertiary/aromatic N) is 1. The summed E-state index contributed by atoms with van der Waals surface area (Å²) in [4.78, 5) is 25.2. The number of carbonyl (C=O) groups excluding carboxylic acids is 1. The van der Waals surface area contributed by atoms with Crippen LogP contribution in [0.3, 0.4) is 0 Å². The first-order valence-corrected chi connectivity index (χ1v) is 8.51. The minimum atomic E-state index is -0.916. The summed E-state index contributed by atoms with van der Waals surface area (Å²) in [6.45, 7) is 5.98. The van der Waals surface area contributed by atoms with E-state index in [0.29, 0.717) is 0 Å². The van der Waals surface area contributed by atoms with Gasteiger partial charge < -0.3 is 10.0 Å². The second-order valence-corrected chi connectivity index (χ2v) is 6.48. The van der Waals surface area contributed by atoms with Gasteiger partial charge in [0.25, 0.3) is 0 Å². The van der Waals surface area contributed by atoms with Gasteiger partial charge in [0.2, 0.25) is 5.91 Å². The third-order valence-corrected chi connectivity index (χ3v) is 4.87. The zero-order chi connectivity index (χ0) is 15.8. The lowest BCUT2D eigenvalue weighted by atomic mass is 9.79. The van der Waals surface area contributed by atoms with Crippen molar-refractivity contribution in [3.05, 3.63) is 0 Å². The zero-order valence-corrected chi connectivity index (χ0v) is 13.8. The van der Waals surface area contributed by atoms with Gasteiger partial charge in [0.1, 0.15) is 6.54 Å². The van der Waals surface area contributed by atoms with Crippen LogP contribution in [0, 0.1) is 11.8 Å². The molecule has 1 fully saturated rings. The number of amides is 1. The van der Waals surface area contributed by atoms with Crippen molar-refractivity contribution in [2.45, 2.75) is 78.2 Å². The summed E-state index contributed by atoms with van der Waals surface area (Å²) in [5.41, 5.74) is 0. The predicted octanol–water partition coefficient (Wildman–Crippen LogP) is 3.69. The maximum Gasteiger partial charge on any atom is 0.323 e. The molecule has 0 aromatic rings. The molecule has 0 spiro atoms. The van der Waals surface area contributed by atoms with E-state index in [4.69, 9.17) is 5.11 Å². The highest BCUT2D eigenvalue weighted by molar-refractivity contribution is 5.83. The Balaban J connectivity index is 2.54. The van der Waals surface area contributed by atoms with Crippen LogP contribution >= 0.6 is 0 Å². The molecule has 21 heavy (non-hydrogen) atoms. The molecular formula is C17H31NO3. The lowest BCUT2D eigenvalue weighted by Crippen LogP contribution is -2.45. The lowest BCUT2D eigenvalue weighted by Gasteiger charge is -2.34. The van der Waals surface area contributed by atoms with Gasteiger partial charge in [0, 0.05) is 12.0 Å². The minimum absolute atomic E-state index is 0.00594. The second kappa shape index (κ2) is 9.06. The molecule has 0 heterocycles. The number of carboxylic acid groups (broad SMARTS) is 1. The Morgan fingerprint density at radius 3 is 2.29 bits per heavy atom. The molecule has 0 saturated heterocycles. The molecule has 4 nitrogen and oxygen atoms in total. The Bertz CT molecular complexity index is 335. The van der Waals surface area contributed by atoms with Crippen molar-refractivity contribution in [3.63, 3.8) is 0 Å². The predicted molar refractivity (Wildman–Crippen MR) is 84.1 cm³/mol. The van der Waals surface area contributed by atoms with Gasteiger partial charge >= 0.3 is 5.97 Å². The van der Waals surface area contributed by atoms with Crippen LogP contribution in [0.5, 0.6) is 0 Å². The van der Waals surface area contributed by atoms with Crippen molar-refractivity contribution in [2.24, 2.45) is 11.8 Å². The average Bonchev–Trinajstić information content (AvgIpc) is 2.49. The summed E-state index contributed by atoms with van der Waals surface area (Å²) in [5, 5.41) is 9.02. The SMILES string of the molecule is CCCCC1CCC(C(=O)N(CC(=O)O)C(C)CC)CC1. The maximum atomic E-state index is 12.6. The minimum Gasteiger partial charge on any atom is -0.480 e. The van der Waals surface area contributed by atoms with Crippen molar-refractivity contribution in [1.29, 1.82) is 0 Å². The summed E-state index contributed by atoms with van der Waals surface area (Å²) in [5.74, 6) is -0.0530. The largest absolute Gasteiger partial charge is 0.480 e. The van der Waals surface area contributed by atoms with Crippen LogP contribution in [-0.2, 0) is 9.59 Å². The first kappa shape index (κ1) is 18.0. The molecule has 1 atom stereocenters. The van der Waals surface area contributed by atoms with E-state index in [1.165, 1.54) is 19.3 Å². The van der Waals surface area contributed by atoms with Gasteiger partial charge in [-0.25, -0.2) is 0 Å². The molecule has 0 aliphatic heterocycles. The van der Waals surface area contributed by atoms with Crippen LogP contribution in [0.2, 0.25) is 0 Å². The van der Waals surface area contributed by atoms with E-state index < -0.39 is 5.97 Å². The van der Waals surface area contributed by atoms with Crippen LogP contribution in [0.4, 0.5) is 0 Å². The fourth-order valence-corrected chi connectivity index (χ4v) is 3.24. The number of carbonyl (C=O) groups is 2. The van der Waals surface area contributed by atoms with Gasteiger partial charge in [-0.1, -0.05) is 33.1 Å². The quantitative estimate of drug-likeness (QED) is 0.743. The molecule has 1 unspecified atom stereocenters. The second-order valence-electron chi connectivity index (χ2n) is 6.48. The third-order valence-electron chi connectivity index (χ3n) is 4.87. The van der Waals surface area contributed by atoms with Crippen molar-refractivity contribution in [3.8, 4) is 0 Å².